The number of nitrogens with one attached hydrogen (secondary N) is 2. The standard InChI is InChI=1S/C14H8ClN5O3/c15-7-1-5-4-17-19-8(5)3-9(7)20-10(21)2-6-11(12(20)16)14(23)18-13(6)22/h1-4H,16H2,(H,17,19)(H,18,22,23). The van der Waals surface area contributed by atoms with Crippen molar-refractivity contribution in [2.24, 2.45) is 0 Å². The van der Waals surface area contributed by atoms with Gasteiger partial charge in [0.1, 0.15) is 5.82 Å². The average molecular weight is 330 g/mol. The Balaban J connectivity index is 2.08. The summed E-state index contributed by atoms with van der Waals surface area (Å²) < 4.78 is 1.10. The molecule has 8 nitrogen and oxygen atoms in total. The summed E-state index contributed by atoms with van der Waals surface area (Å²) in [5.74, 6) is -1.43. The lowest BCUT2D eigenvalue weighted by molar-refractivity contribution is 0.0880. The Hall–Kier alpha value is -3.13. The molecule has 1 aliphatic heterocycles. The summed E-state index contributed by atoms with van der Waals surface area (Å²) in [5.41, 5.74) is 6.29. The number of carbonyl (C=O) groups excluding carboxylic acids is 2. The Labute approximate surface area is 132 Å². The van der Waals surface area contributed by atoms with Gasteiger partial charge in [0, 0.05) is 11.5 Å². The second-order valence-corrected chi connectivity index (χ2v) is 5.44. The largest absolute Gasteiger partial charge is 0.384 e. The SMILES string of the molecule is Nc1c2c(cc(=O)n1-c1cc3[nH]ncc3cc1Cl)C(=O)NC2=O. The second kappa shape index (κ2) is 4.43. The van der Waals surface area contributed by atoms with Gasteiger partial charge in [-0.15, -0.1) is 0 Å². The van der Waals surface area contributed by atoms with E-state index < -0.39 is 17.4 Å². The van der Waals surface area contributed by atoms with Gasteiger partial charge in [0.2, 0.25) is 0 Å². The van der Waals surface area contributed by atoms with Gasteiger partial charge in [0.25, 0.3) is 17.4 Å². The van der Waals surface area contributed by atoms with Crippen LogP contribution < -0.4 is 16.6 Å². The van der Waals surface area contributed by atoms with Crippen LogP contribution in [0.1, 0.15) is 20.7 Å². The Morgan fingerprint density at radius 1 is 1.13 bits per heavy atom. The van der Waals surface area contributed by atoms with E-state index in [9.17, 15) is 14.4 Å². The summed E-state index contributed by atoms with van der Waals surface area (Å²) in [7, 11) is 0. The molecule has 114 valence electrons. The number of nitrogen functional groups attached to an aromatic ring is 1. The number of benzene rings is 1. The molecule has 0 saturated heterocycles. The van der Waals surface area contributed by atoms with Crippen LogP contribution in [0.15, 0.2) is 29.2 Å². The second-order valence-electron chi connectivity index (χ2n) is 5.04. The van der Waals surface area contributed by atoms with Crippen molar-refractivity contribution in [2.75, 3.05) is 5.73 Å². The van der Waals surface area contributed by atoms with E-state index in [4.69, 9.17) is 17.3 Å². The van der Waals surface area contributed by atoms with Gasteiger partial charge in [-0.3, -0.25) is 29.4 Å². The molecule has 0 bridgehead atoms. The number of hydrogen-bond acceptors (Lipinski definition) is 5. The van der Waals surface area contributed by atoms with Crippen LogP contribution in [-0.2, 0) is 0 Å². The smallest absolute Gasteiger partial charge is 0.262 e. The van der Waals surface area contributed by atoms with Crippen molar-refractivity contribution in [3.8, 4) is 5.69 Å². The zero-order chi connectivity index (χ0) is 16.3. The number of nitrogens with two attached hydrogens (primary N) is 1. The van der Waals surface area contributed by atoms with Crippen molar-refractivity contribution in [3.05, 3.63) is 50.9 Å². The molecule has 4 N–H and O–H groups in total. The first-order chi connectivity index (χ1) is 11.0. The molecule has 1 aliphatic rings. The Kier molecular flexibility index (Phi) is 2.61. The van der Waals surface area contributed by atoms with Crippen LogP contribution in [0.3, 0.4) is 0 Å². The predicted molar refractivity (Wildman–Crippen MR) is 82.9 cm³/mol. The Morgan fingerprint density at radius 2 is 1.91 bits per heavy atom. The normalized spacial score (nSPS) is 13.4. The molecule has 1 aromatic carbocycles. The monoisotopic (exact) mass is 329 g/mol. The molecule has 2 aromatic heterocycles. The van der Waals surface area contributed by atoms with Gasteiger partial charge in [-0.2, -0.15) is 5.10 Å². The highest BCUT2D eigenvalue weighted by atomic mass is 35.5. The van der Waals surface area contributed by atoms with E-state index in [1.807, 2.05) is 0 Å². The van der Waals surface area contributed by atoms with Crippen LogP contribution in [0.5, 0.6) is 0 Å². The summed E-state index contributed by atoms with van der Waals surface area (Å²) in [4.78, 5) is 35.9. The van der Waals surface area contributed by atoms with Gasteiger partial charge in [0.15, 0.2) is 0 Å². The number of anilines is 1. The van der Waals surface area contributed by atoms with Gasteiger partial charge in [-0.05, 0) is 12.1 Å². The van der Waals surface area contributed by atoms with Crippen LogP contribution in [-0.4, -0.2) is 26.6 Å². The molecular weight excluding hydrogens is 322 g/mol. The summed E-state index contributed by atoms with van der Waals surface area (Å²) in [6, 6.07) is 4.29. The van der Waals surface area contributed by atoms with Crippen molar-refractivity contribution in [2.45, 2.75) is 0 Å². The summed E-state index contributed by atoms with van der Waals surface area (Å²) in [6.45, 7) is 0. The van der Waals surface area contributed by atoms with Crippen molar-refractivity contribution in [1.29, 1.82) is 0 Å². The average Bonchev–Trinajstić information content (AvgIpc) is 3.03. The first kappa shape index (κ1) is 13.5. The molecule has 0 fully saturated rings. The van der Waals surface area contributed by atoms with Gasteiger partial charge < -0.3 is 5.73 Å². The van der Waals surface area contributed by atoms with Gasteiger partial charge in [0.05, 0.1) is 33.6 Å². The lowest BCUT2D eigenvalue weighted by Crippen LogP contribution is -2.24. The highest BCUT2D eigenvalue weighted by Crippen LogP contribution is 2.29. The van der Waals surface area contributed by atoms with Crippen LogP contribution in [0.4, 0.5) is 5.82 Å². The zero-order valence-electron chi connectivity index (χ0n) is 11.4. The number of aromatic amines is 1. The summed E-state index contributed by atoms with van der Waals surface area (Å²) in [5, 5.41) is 9.79. The zero-order valence-corrected chi connectivity index (χ0v) is 12.1. The van der Waals surface area contributed by atoms with E-state index in [-0.39, 0.29) is 22.0 Å². The first-order valence-corrected chi connectivity index (χ1v) is 6.89. The maximum absolute atomic E-state index is 12.4. The topological polar surface area (TPSA) is 123 Å². The van der Waals surface area contributed by atoms with E-state index in [2.05, 4.69) is 15.5 Å². The van der Waals surface area contributed by atoms with Gasteiger partial charge in [-0.25, -0.2) is 0 Å². The maximum Gasteiger partial charge on any atom is 0.262 e. The molecule has 0 radical (unpaired) electrons. The molecule has 0 saturated carbocycles. The first-order valence-electron chi connectivity index (χ1n) is 6.51. The predicted octanol–water partition coefficient (Wildman–Crippen LogP) is 0.833. The highest BCUT2D eigenvalue weighted by Gasteiger charge is 2.32. The number of imide groups is 1. The lowest BCUT2D eigenvalue weighted by atomic mass is 10.1. The minimum absolute atomic E-state index is 0.0321. The molecule has 0 aliphatic carbocycles. The number of halogens is 1. The highest BCUT2D eigenvalue weighted by molar-refractivity contribution is 6.33. The minimum atomic E-state index is -0.644. The summed E-state index contributed by atoms with van der Waals surface area (Å²) >= 11 is 6.23. The number of pyridine rings is 1. The number of aromatic nitrogens is 3. The Bertz CT molecular complexity index is 1080. The van der Waals surface area contributed by atoms with Crippen molar-refractivity contribution >= 4 is 40.1 Å². The number of amides is 2. The number of hydrogen-bond donors (Lipinski definition) is 3. The number of nitrogens with zero attached hydrogens (tertiary/aromatic N) is 2. The van der Waals surface area contributed by atoms with Gasteiger partial charge >= 0.3 is 0 Å². The minimum Gasteiger partial charge on any atom is -0.384 e. The van der Waals surface area contributed by atoms with Crippen LogP contribution in [0.2, 0.25) is 5.02 Å². The van der Waals surface area contributed by atoms with Crippen molar-refractivity contribution in [3.63, 3.8) is 0 Å². The third-order valence-electron chi connectivity index (χ3n) is 3.70. The third-order valence-corrected chi connectivity index (χ3v) is 4.00. The molecule has 3 heterocycles. The number of H-pyrrole nitrogens is 1. The van der Waals surface area contributed by atoms with E-state index >= 15 is 0 Å². The maximum atomic E-state index is 12.4. The number of fused-ring (bicyclic) bond motifs is 2. The quantitative estimate of drug-likeness (QED) is 0.571. The lowest BCUT2D eigenvalue weighted by Gasteiger charge is -2.13. The molecule has 0 spiro atoms. The molecule has 3 aromatic rings. The van der Waals surface area contributed by atoms with Crippen LogP contribution >= 0.6 is 11.6 Å². The van der Waals surface area contributed by atoms with Crippen molar-refractivity contribution < 1.29 is 9.59 Å². The third kappa shape index (κ3) is 1.78. The molecule has 0 atom stereocenters. The molecule has 23 heavy (non-hydrogen) atoms. The Morgan fingerprint density at radius 3 is 2.70 bits per heavy atom. The number of carbonyl (C=O) groups is 2. The molecule has 4 rings (SSSR count). The fraction of sp³-hybridized carbons (Fsp3) is 0. The van der Waals surface area contributed by atoms with Crippen LogP contribution in [0.25, 0.3) is 16.6 Å². The fourth-order valence-electron chi connectivity index (χ4n) is 2.65. The van der Waals surface area contributed by atoms with E-state index in [0.29, 0.717) is 11.2 Å². The van der Waals surface area contributed by atoms with E-state index in [1.165, 1.54) is 0 Å². The molecule has 9 heteroatoms. The van der Waals surface area contributed by atoms with Crippen LogP contribution in [0, 0.1) is 0 Å². The van der Waals surface area contributed by atoms with Crippen molar-refractivity contribution in [1.82, 2.24) is 20.1 Å². The van der Waals surface area contributed by atoms with E-state index in [1.54, 1.807) is 18.3 Å². The number of rotatable bonds is 1. The molecule has 0 unspecified atom stereocenters. The van der Waals surface area contributed by atoms with E-state index in [0.717, 1.165) is 16.0 Å². The molecule has 2 amide bonds. The fourth-order valence-corrected chi connectivity index (χ4v) is 2.91. The summed E-state index contributed by atoms with van der Waals surface area (Å²) in [6.07, 6.45) is 1.59. The van der Waals surface area contributed by atoms with Gasteiger partial charge in [-0.1, -0.05) is 11.6 Å². The molecular formula is C14H8ClN5O3.